The van der Waals surface area contributed by atoms with Crippen molar-refractivity contribution in [2.24, 2.45) is 0 Å². The summed E-state index contributed by atoms with van der Waals surface area (Å²) < 4.78 is 2.47. The molecule has 0 atom stereocenters. The Morgan fingerprint density at radius 1 is 0.355 bits per heavy atom. The minimum absolute atomic E-state index is 1.19. The maximum absolute atomic E-state index is 2.47. The number of hydrogen-bond donors (Lipinski definition) is 0. The van der Waals surface area contributed by atoms with Crippen molar-refractivity contribution in [3.05, 3.63) is 115 Å². The van der Waals surface area contributed by atoms with Crippen LogP contribution in [0, 0.1) is 0 Å². The monoisotopic (exact) mass is 393 g/mol. The van der Waals surface area contributed by atoms with E-state index < -0.39 is 0 Å². The molecule has 6 aromatic carbocycles. The van der Waals surface area contributed by atoms with Crippen molar-refractivity contribution in [2.45, 2.75) is 0 Å². The molecule has 0 fully saturated rings. The van der Waals surface area contributed by atoms with Crippen molar-refractivity contribution in [2.75, 3.05) is 0 Å². The summed E-state index contributed by atoms with van der Waals surface area (Å²) in [7, 11) is 0. The standard InChI is InChI=1S/C30H19N/c1-2-11-21(12-3-1)31-29-22-13-5-4-10-20(22)18-19-27(29)28-25-16-8-6-14-23(25)24-15-7-9-17-26(24)30(28)31/h1-19H. The van der Waals surface area contributed by atoms with Crippen molar-refractivity contribution >= 4 is 54.1 Å². The van der Waals surface area contributed by atoms with Crippen LogP contribution in [-0.2, 0) is 0 Å². The van der Waals surface area contributed by atoms with Gasteiger partial charge in [0.2, 0.25) is 0 Å². The highest BCUT2D eigenvalue weighted by atomic mass is 15.0. The van der Waals surface area contributed by atoms with Gasteiger partial charge in [-0.15, -0.1) is 0 Å². The highest BCUT2D eigenvalue weighted by molar-refractivity contribution is 6.34. The molecule has 1 heteroatoms. The van der Waals surface area contributed by atoms with Crippen LogP contribution in [0.25, 0.3) is 59.8 Å². The van der Waals surface area contributed by atoms with Gasteiger partial charge in [0, 0.05) is 27.2 Å². The zero-order chi connectivity index (χ0) is 20.4. The lowest BCUT2D eigenvalue weighted by Gasteiger charge is -2.12. The third-order valence-electron chi connectivity index (χ3n) is 6.54. The Balaban J connectivity index is 1.91. The van der Waals surface area contributed by atoms with Gasteiger partial charge in [0.15, 0.2) is 0 Å². The van der Waals surface area contributed by atoms with Crippen molar-refractivity contribution in [3.8, 4) is 5.69 Å². The summed E-state index contributed by atoms with van der Waals surface area (Å²) in [6.07, 6.45) is 0. The predicted molar refractivity (Wildman–Crippen MR) is 133 cm³/mol. The molecule has 7 rings (SSSR count). The minimum atomic E-state index is 1.19. The molecule has 0 N–H and O–H groups in total. The van der Waals surface area contributed by atoms with Crippen molar-refractivity contribution < 1.29 is 0 Å². The molecule has 0 aliphatic carbocycles. The van der Waals surface area contributed by atoms with Gasteiger partial charge in [-0.1, -0.05) is 103 Å². The van der Waals surface area contributed by atoms with Gasteiger partial charge >= 0.3 is 0 Å². The maximum atomic E-state index is 2.47. The lowest BCUT2D eigenvalue weighted by Crippen LogP contribution is -1.95. The van der Waals surface area contributed by atoms with Crippen LogP contribution in [0.2, 0.25) is 0 Å². The van der Waals surface area contributed by atoms with Crippen LogP contribution in [0.5, 0.6) is 0 Å². The van der Waals surface area contributed by atoms with Crippen LogP contribution in [-0.4, -0.2) is 4.57 Å². The molecular formula is C30H19N. The molecule has 0 radical (unpaired) electrons. The fourth-order valence-corrected chi connectivity index (χ4v) is 5.27. The first-order valence-electron chi connectivity index (χ1n) is 10.7. The predicted octanol–water partition coefficient (Wildman–Crippen LogP) is 8.24. The van der Waals surface area contributed by atoms with E-state index in [2.05, 4.69) is 120 Å². The van der Waals surface area contributed by atoms with E-state index in [0.29, 0.717) is 0 Å². The number of benzene rings is 6. The fraction of sp³-hybridized carbons (Fsp3) is 0. The van der Waals surface area contributed by atoms with Crippen molar-refractivity contribution in [3.63, 3.8) is 0 Å². The largest absolute Gasteiger partial charge is 0.308 e. The van der Waals surface area contributed by atoms with E-state index in [1.807, 2.05) is 0 Å². The van der Waals surface area contributed by atoms with Gasteiger partial charge < -0.3 is 4.57 Å². The second-order valence-corrected chi connectivity index (χ2v) is 8.17. The number of para-hydroxylation sites is 1. The van der Waals surface area contributed by atoms with E-state index in [-0.39, 0.29) is 0 Å². The maximum Gasteiger partial charge on any atom is 0.0626 e. The van der Waals surface area contributed by atoms with Crippen LogP contribution >= 0.6 is 0 Å². The summed E-state index contributed by atoms with van der Waals surface area (Å²) in [6, 6.07) is 41.7. The molecule has 0 aliphatic rings. The Morgan fingerprint density at radius 3 is 1.71 bits per heavy atom. The summed E-state index contributed by atoms with van der Waals surface area (Å²) in [6.45, 7) is 0. The molecule has 0 amide bonds. The van der Waals surface area contributed by atoms with Gasteiger partial charge in [-0.05, 0) is 33.7 Å². The van der Waals surface area contributed by atoms with Gasteiger partial charge in [-0.25, -0.2) is 0 Å². The Labute approximate surface area is 179 Å². The van der Waals surface area contributed by atoms with Gasteiger partial charge in [0.05, 0.1) is 11.0 Å². The normalized spacial score (nSPS) is 11.9. The highest BCUT2D eigenvalue weighted by Gasteiger charge is 2.19. The average molecular weight is 393 g/mol. The van der Waals surface area contributed by atoms with Crippen LogP contribution in [0.1, 0.15) is 0 Å². The number of nitrogens with zero attached hydrogens (tertiary/aromatic N) is 1. The van der Waals surface area contributed by atoms with Crippen LogP contribution in [0.4, 0.5) is 0 Å². The third-order valence-corrected chi connectivity index (χ3v) is 6.54. The number of fused-ring (bicyclic) bond motifs is 10. The van der Waals surface area contributed by atoms with Crippen LogP contribution in [0.3, 0.4) is 0 Å². The second kappa shape index (κ2) is 6.20. The van der Waals surface area contributed by atoms with Crippen LogP contribution in [0.15, 0.2) is 115 Å². The molecule has 0 saturated heterocycles. The molecule has 0 saturated carbocycles. The number of rotatable bonds is 1. The Kier molecular flexibility index (Phi) is 3.33. The first-order valence-corrected chi connectivity index (χ1v) is 10.7. The number of aromatic nitrogens is 1. The number of hydrogen-bond acceptors (Lipinski definition) is 0. The topological polar surface area (TPSA) is 4.93 Å². The molecule has 31 heavy (non-hydrogen) atoms. The summed E-state index contributed by atoms with van der Waals surface area (Å²) in [5.41, 5.74) is 3.76. The smallest absolute Gasteiger partial charge is 0.0626 e. The highest BCUT2D eigenvalue weighted by Crippen LogP contribution is 2.43. The Bertz CT molecular complexity index is 1770. The molecule has 0 aliphatic heterocycles. The van der Waals surface area contributed by atoms with E-state index in [0.717, 1.165) is 0 Å². The minimum Gasteiger partial charge on any atom is -0.308 e. The average Bonchev–Trinajstić information content (AvgIpc) is 3.21. The summed E-state index contributed by atoms with van der Waals surface area (Å²) in [4.78, 5) is 0. The second-order valence-electron chi connectivity index (χ2n) is 8.17. The first-order chi connectivity index (χ1) is 15.4. The summed E-state index contributed by atoms with van der Waals surface area (Å²) >= 11 is 0. The molecule has 144 valence electrons. The van der Waals surface area contributed by atoms with E-state index in [1.165, 1.54) is 59.8 Å². The lowest BCUT2D eigenvalue weighted by molar-refractivity contribution is 1.19. The van der Waals surface area contributed by atoms with Gasteiger partial charge in [-0.3, -0.25) is 0 Å². The van der Waals surface area contributed by atoms with Gasteiger partial charge in [-0.2, -0.15) is 0 Å². The molecular weight excluding hydrogens is 374 g/mol. The summed E-state index contributed by atoms with van der Waals surface area (Å²) in [5.74, 6) is 0. The van der Waals surface area contributed by atoms with Gasteiger partial charge in [0.25, 0.3) is 0 Å². The molecule has 1 heterocycles. The zero-order valence-electron chi connectivity index (χ0n) is 16.9. The first kappa shape index (κ1) is 16.7. The molecule has 0 bridgehead atoms. The summed E-state index contributed by atoms with van der Waals surface area (Å²) in [5, 5.41) is 10.4. The molecule has 0 unspecified atom stereocenters. The Morgan fingerprint density at radius 2 is 0.935 bits per heavy atom. The zero-order valence-corrected chi connectivity index (χ0v) is 16.9. The molecule has 7 aromatic rings. The molecule has 1 nitrogen and oxygen atoms in total. The van der Waals surface area contributed by atoms with E-state index >= 15 is 0 Å². The van der Waals surface area contributed by atoms with E-state index in [1.54, 1.807) is 0 Å². The molecule has 1 aromatic heterocycles. The SMILES string of the molecule is c1ccc(-n2c3c4ccccc4ccc3c3c4ccccc4c4ccccc4c32)cc1. The van der Waals surface area contributed by atoms with Crippen molar-refractivity contribution in [1.29, 1.82) is 0 Å². The van der Waals surface area contributed by atoms with Crippen LogP contribution < -0.4 is 0 Å². The third kappa shape index (κ3) is 2.21. The Hall–Kier alpha value is -4.10. The van der Waals surface area contributed by atoms with Crippen molar-refractivity contribution in [1.82, 2.24) is 4.57 Å². The lowest BCUT2D eigenvalue weighted by atomic mass is 9.96. The van der Waals surface area contributed by atoms with Gasteiger partial charge in [0.1, 0.15) is 0 Å². The van der Waals surface area contributed by atoms with E-state index in [4.69, 9.17) is 0 Å². The van der Waals surface area contributed by atoms with E-state index in [9.17, 15) is 0 Å². The molecule has 0 spiro atoms. The quantitative estimate of drug-likeness (QED) is 0.247. The fourth-order valence-electron chi connectivity index (χ4n) is 5.27.